The summed E-state index contributed by atoms with van der Waals surface area (Å²) < 4.78 is 27.5. The highest BCUT2D eigenvalue weighted by molar-refractivity contribution is 7.89. The minimum atomic E-state index is -3.56. The number of benzene rings is 2. The fraction of sp³-hybridized carbons (Fsp3) is 0.217. The fourth-order valence-electron chi connectivity index (χ4n) is 3.81. The number of para-hydroxylation sites is 1. The van der Waals surface area contributed by atoms with Crippen LogP contribution in [0.15, 0.2) is 70.9 Å². The number of piperazine rings is 1. The van der Waals surface area contributed by atoms with Crippen LogP contribution in [0.1, 0.15) is 4.88 Å². The molecule has 1 aliphatic heterocycles. The Balaban J connectivity index is 1.35. The van der Waals surface area contributed by atoms with Gasteiger partial charge in [-0.15, -0.1) is 11.3 Å². The summed E-state index contributed by atoms with van der Waals surface area (Å²) in [6, 6.07) is 18.3. The second-order valence-corrected chi connectivity index (χ2v) is 11.1. The molecule has 0 bridgehead atoms. The van der Waals surface area contributed by atoms with Gasteiger partial charge in [-0.3, -0.25) is 0 Å². The van der Waals surface area contributed by atoms with Gasteiger partial charge in [-0.2, -0.15) is 9.29 Å². The Bertz CT molecular complexity index is 1350. The van der Waals surface area contributed by atoms with E-state index in [0.29, 0.717) is 43.7 Å². The lowest BCUT2D eigenvalue weighted by Crippen LogP contribution is -2.49. The third-order valence-corrected chi connectivity index (χ3v) is 8.62. The van der Waals surface area contributed by atoms with Crippen LogP contribution in [0.3, 0.4) is 0 Å². The topological polar surface area (TPSA) is 78.4 Å². The molecule has 0 saturated carbocycles. The van der Waals surface area contributed by atoms with Gasteiger partial charge in [-0.05, 0) is 47.8 Å². The summed E-state index contributed by atoms with van der Waals surface area (Å²) in [5, 5.41) is 6.97. The van der Waals surface area contributed by atoms with Crippen LogP contribution in [0.4, 0.5) is 11.8 Å². The number of nitrogens with zero attached hydrogens (tertiary/aromatic N) is 4. The molecule has 4 aromatic rings. The zero-order valence-corrected chi connectivity index (χ0v) is 20.1. The first-order valence-corrected chi connectivity index (χ1v) is 13.2. The van der Waals surface area contributed by atoms with Crippen molar-refractivity contribution in [2.24, 2.45) is 0 Å². The molecular formula is C23H22ClN5O2S2. The molecule has 0 spiro atoms. The highest BCUT2D eigenvalue weighted by Crippen LogP contribution is 2.26. The summed E-state index contributed by atoms with van der Waals surface area (Å²) in [7, 11) is -3.56. The lowest BCUT2D eigenvalue weighted by Gasteiger charge is -2.34. The zero-order chi connectivity index (χ0) is 22.8. The molecule has 0 radical (unpaired) electrons. The minimum absolute atomic E-state index is 0.252. The number of halogens is 1. The minimum Gasteiger partial charge on any atom is -0.364 e. The van der Waals surface area contributed by atoms with Crippen molar-refractivity contribution in [2.75, 3.05) is 36.4 Å². The van der Waals surface area contributed by atoms with Crippen molar-refractivity contribution in [3.8, 4) is 0 Å². The highest BCUT2D eigenvalue weighted by atomic mass is 35.5. The number of hydrogen-bond donors (Lipinski definition) is 1. The van der Waals surface area contributed by atoms with Crippen LogP contribution in [-0.2, 0) is 16.6 Å². The zero-order valence-electron chi connectivity index (χ0n) is 17.7. The third-order valence-electron chi connectivity index (χ3n) is 5.57. The number of anilines is 2. The predicted molar refractivity (Wildman–Crippen MR) is 134 cm³/mol. The largest absolute Gasteiger partial charge is 0.364 e. The first-order chi connectivity index (χ1) is 16.0. The molecule has 7 nitrogen and oxygen atoms in total. The molecule has 170 valence electrons. The first kappa shape index (κ1) is 22.1. The fourth-order valence-corrected chi connectivity index (χ4v) is 6.00. The van der Waals surface area contributed by atoms with Gasteiger partial charge in [-0.25, -0.2) is 13.4 Å². The number of hydrogen-bond acceptors (Lipinski definition) is 7. The summed E-state index contributed by atoms with van der Waals surface area (Å²) in [5.41, 5.74) is 0.854. The number of aromatic nitrogens is 2. The molecule has 10 heteroatoms. The van der Waals surface area contributed by atoms with Gasteiger partial charge >= 0.3 is 0 Å². The van der Waals surface area contributed by atoms with E-state index in [9.17, 15) is 8.42 Å². The van der Waals surface area contributed by atoms with Crippen molar-refractivity contribution in [1.29, 1.82) is 0 Å². The standard InChI is InChI=1S/C23H22ClN5O2S2/c24-17-7-9-19(10-8-17)33(30,31)29-13-11-28(12-14-29)23-26-21-6-2-1-5-20(21)22(27-23)25-16-18-4-3-15-32-18/h1-10,15H,11-14,16H2,(H,25,26,27). The predicted octanol–water partition coefficient (Wildman–Crippen LogP) is 4.47. The van der Waals surface area contributed by atoms with Crippen molar-refractivity contribution in [1.82, 2.24) is 14.3 Å². The van der Waals surface area contributed by atoms with Crippen LogP contribution < -0.4 is 10.2 Å². The van der Waals surface area contributed by atoms with Crippen molar-refractivity contribution >= 4 is 55.6 Å². The van der Waals surface area contributed by atoms with Gasteiger partial charge in [0.1, 0.15) is 5.82 Å². The quantitative estimate of drug-likeness (QED) is 0.422. The van der Waals surface area contributed by atoms with Gasteiger partial charge in [0, 0.05) is 41.5 Å². The maximum atomic E-state index is 13.0. The molecule has 1 fully saturated rings. The summed E-state index contributed by atoms with van der Waals surface area (Å²) in [4.78, 5) is 13.1. The van der Waals surface area contributed by atoms with Gasteiger partial charge in [0.15, 0.2) is 0 Å². The Labute approximate surface area is 201 Å². The van der Waals surface area contributed by atoms with Crippen molar-refractivity contribution in [3.63, 3.8) is 0 Å². The number of nitrogens with one attached hydrogen (secondary N) is 1. The average Bonchev–Trinajstić information content (AvgIpc) is 3.36. The van der Waals surface area contributed by atoms with E-state index in [4.69, 9.17) is 21.6 Å². The van der Waals surface area contributed by atoms with Crippen molar-refractivity contribution < 1.29 is 8.42 Å². The molecule has 2 aromatic carbocycles. The van der Waals surface area contributed by atoms with Crippen LogP contribution in [0, 0.1) is 0 Å². The lowest BCUT2D eigenvalue weighted by molar-refractivity contribution is 0.382. The van der Waals surface area contributed by atoms with Crippen LogP contribution in [0.25, 0.3) is 10.9 Å². The Morgan fingerprint density at radius 2 is 1.70 bits per heavy atom. The molecule has 5 rings (SSSR count). The van der Waals surface area contributed by atoms with Crippen molar-refractivity contribution in [3.05, 3.63) is 75.9 Å². The highest BCUT2D eigenvalue weighted by Gasteiger charge is 2.29. The number of rotatable bonds is 6. The molecule has 1 saturated heterocycles. The normalized spacial score (nSPS) is 15.1. The lowest BCUT2D eigenvalue weighted by atomic mass is 10.2. The SMILES string of the molecule is O=S(=O)(c1ccc(Cl)cc1)N1CCN(c2nc(NCc3cccs3)c3ccccc3n2)CC1. The van der Waals surface area contributed by atoms with Gasteiger partial charge in [-0.1, -0.05) is 29.8 Å². The van der Waals surface area contributed by atoms with Gasteiger partial charge in [0.05, 0.1) is 17.0 Å². The van der Waals surface area contributed by atoms with Crippen LogP contribution in [0.5, 0.6) is 0 Å². The first-order valence-electron chi connectivity index (χ1n) is 10.5. The molecule has 0 atom stereocenters. The summed E-state index contributed by atoms with van der Waals surface area (Å²) in [6.45, 7) is 2.43. The Hall–Kier alpha value is -2.72. The monoisotopic (exact) mass is 499 g/mol. The van der Waals surface area contributed by atoms with Crippen LogP contribution in [0.2, 0.25) is 5.02 Å². The van der Waals surface area contributed by atoms with Gasteiger partial charge in [0.25, 0.3) is 0 Å². The van der Waals surface area contributed by atoms with Gasteiger partial charge < -0.3 is 10.2 Å². The molecule has 2 aromatic heterocycles. The molecule has 3 heterocycles. The molecule has 0 amide bonds. The van der Waals surface area contributed by atoms with E-state index in [0.717, 1.165) is 16.7 Å². The van der Waals surface area contributed by atoms with E-state index in [2.05, 4.69) is 16.8 Å². The second kappa shape index (κ2) is 9.26. The number of thiophene rings is 1. The number of fused-ring (bicyclic) bond motifs is 1. The molecule has 1 N–H and O–H groups in total. The van der Waals surface area contributed by atoms with E-state index in [1.165, 1.54) is 9.18 Å². The molecule has 0 unspecified atom stereocenters. The molecule has 0 aliphatic carbocycles. The molecule has 1 aliphatic rings. The Morgan fingerprint density at radius 3 is 2.42 bits per heavy atom. The van der Waals surface area contributed by atoms with Crippen molar-refractivity contribution in [2.45, 2.75) is 11.4 Å². The smallest absolute Gasteiger partial charge is 0.243 e. The molecule has 33 heavy (non-hydrogen) atoms. The average molecular weight is 500 g/mol. The Morgan fingerprint density at radius 1 is 0.939 bits per heavy atom. The maximum Gasteiger partial charge on any atom is 0.243 e. The summed E-state index contributed by atoms with van der Waals surface area (Å²) in [6.07, 6.45) is 0. The second-order valence-electron chi connectivity index (χ2n) is 7.67. The number of sulfonamides is 1. The Kier molecular flexibility index (Phi) is 6.20. The van der Waals surface area contributed by atoms with E-state index in [-0.39, 0.29) is 4.90 Å². The van der Waals surface area contributed by atoms with Crippen LogP contribution in [-0.4, -0.2) is 48.9 Å². The van der Waals surface area contributed by atoms with Gasteiger partial charge in [0.2, 0.25) is 16.0 Å². The van der Waals surface area contributed by atoms with Crippen LogP contribution >= 0.6 is 22.9 Å². The van der Waals surface area contributed by atoms with E-state index in [1.54, 1.807) is 35.6 Å². The maximum absolute atomic E-state index is 13.0. The summed E-state index contributed by atoms with van der Waals surface area (Å²) in [5.74, 6) is 1.38. The third kappa shape index (κ3) is 4.67. The summed E-state index contributed by atoms with van der Waals surface area (Å²) >= 11 is 7.60. The molecular weight excluding hydrogens is 478 g/mol. The van der Waals surface area contributed by atoms with E-state index >= 15 is 0 Å². The van der Waals surface area contributed by atoms with E-state index in [1.807, 2.05) is 35.2 Å². The van der Waals surface area contributed by atoms with E-state index < -0.39 is 10.0 Å².